The molecular formula is C25H33ClN2O3S. The third-order valence-corrected chi connectivity index (χ3v) is 6.54. The number of methoxy groups -OCH3 is 1. The molecule has 0 aliphatic rings. The molecule has 0 aliphatic carbocycles. The lowest BCUT2D eigenvalue weighted by Gasteiger charge is -2.31. The highest BCUT2D eigenvalue weighted by Crippen LogP contribution is 2.23. The van der Waals surface area contributed by atoms with Gasteiger partial charge in [-0.05, 0) is 61.7 Å². The van der Waals surface area contributed by atoms with Gasteiger partial charge in [-0.3, -0.25) is 9.59 Å². The van der Waals surface area contributed by atoms with Crippen molar-refractivity contribution < 1.29 is 14.3 Å². The van der Waals surface area contributed by atoms with E-state index in [-0.39, 0.29) is 17.9 Å². The maximum atomic E-state index is 13.3. The van der Waals surface area contributed by atoms with Crippen molar-refractivity contribution in [1.29, 1.82) is 0 Å². The van der Waals surface area contributed by atoms with Crippen LogP contribution in [0.5, 0.6) is 5.75 Å². The minimum absolute atomic E-state index is 0.0413. The number of nitrogens with one attached hydrogen (secondary N) is 1. The maximum absolute atomic E-state index is 13.3. The molecule has 0 fully saturated rings. The van der Waals surface area contributed by atoms with Gasteiger partial charge in [0.15, 0.2) is 0 Å². The van der Waals surface area contributed by atoms with Gasteiger partial charge in [-0.15, -0.1) is 11.8 Å². The van der Waals surface area contributed by atoms with Crippen molar-refractivity contribution in [2.45, 2.75) is 63.6 Å². The van der Waals surface area contributed by atoms with Crippen LogP contribution in [0.2, 0.25) is 5.02 Å². The van der Waals surface area contributed by atoms with Gasteiger partial charge in [-0.2, -0.15) is 0 Å². The second kappa shape index (κ2) is 13.4. The Morgan fingerprint density at radius 1 is 1.12 bits per heavy atom. The smallest absolute Gasteiger partial charge is 0.243 e. The van der Waals surface area contributed by atoms with Crippen LogP contribution in [0.1, 0.15) is 45.6 Å². The second-order valence-electron chi connectivity index (χ2n) is 7.67. The number of hydrogen-bond acceptors (Lipinski definition) is 4. The molecule has 2 atom stereocenters. The summed E-state index contributed by atoms with van der Waals surface area (Å²) in [5, 5.41) is 3.72. The summed E-state index contributed by atoms with van der Waals surface area (Å²) in [5.41, 5.74) is 0.929. The molecule has 2 rings (SSSR count). The SMILES string of the molecule is CC[C@H](C(=O)N[C@@H](C)CC)N(Cc1cccc(OC)c1)C(=O)CCSc1ccc(Cl)cc1. The number of nitrogens with zero attached hydrogens (tertiary/aromatic N) is 1. The number of halogens is 1. The third kappa shape index (κ3) is 8.06. The summed E-state index contributed by atoms with van der Waals surface area (Å²) in [7, 11) is 1.62. The van der Waals surface area contributed by atoms with Crippen LogP contribution in [-0.2, 0) is 16.1 Å². The van der Waals surface area contributed by atoms with Crippen molar-refractivity contribution in [2.24, 2.45) is 0 Å². The predicted molar refractivity (Wildman–Crippen MR) is 132 cm³/mol. The molecule has 0 spiro atoms. The minimum atomic E-state index is -0.525. The Morgan fingerprint density at radius 2 is 1.84 bits per heavy atom. The molecule has 0 radical (unpaired) electrons. The zero-order chi connectivity index (χ0) is 23.5. The van der Waals surface area contributed by atoms with E-state index in [1.807, 2.05) is 69.3 Å². The first kappa shape index (κ1) is 26.1. The van der Waals surface area contributed by atoms with Crippen molar-refractivity contribution in [3.05, 3.63) is 59.1 Å². The maximum Gasteiger partial charge on any atom is 0.243 e. The fourth-order valence-electron chi connectivity index (χ4n) is 3.26. The van der Waals surface area contributed by atoms with E-state index in [0.29, 0.717) is 30.2 Å². The third-order valence-electron chi connectivity index (χ3n) is 5.27. The number of hydrogen-bond donors (Lipinski definition) is 1. The molecule has 1 N–H and O–H groups in total. The number of carbonyl (C=O) groups excluding carboxylic acids is 2. The fourth-order valence-corrected chi connectivity index (χ4v) is 4.23. The van der Waals surface area contributed by atoms with E-state index >= 15 is 0 Å². The summed E-state index contributed by atoms with van der Waals surface area (Å²) in [6, 6.07) is 14.7. The average Bonchev–Trinajstić information content (AvgIpc) is 2.80. The zero-order valence-electron chi connectivity index (χ0n) is 19.3. The molecule has 2 aromatic rings. The Balaban J connectivity index is 2.15. The van der Waals surface area contributed by atoms with Crippen molar-refractivity contribution in [3.63, 3.8) is 0 Å². The molecule has 2 amide bonds. The molecule has 0 saturated heterocycles. The van der Waals surface area contributed by atoms with Gasteiger partial charge in [0.2, 0.25) is 11.8 Å². The lowest BCUT2D eigenvalue weighted by molar-refractivity contribution is -0.141. The first-order chi connectivity index (χ1) is 15.4. The standard InChI is InChI=1S/C25H33ClN2O3S/c1-5-18(3)27-25(30)23(6-2)28(17-19-8-7-9-21(16-19)31-4)24(29)14-15-32-22-12-10-20(26)11-13-22/h7-13,16,18,23H,5-6,14-15,17H2,1-4H3,(H,27,30)/t18-,23+/m0/s1. The first-order valence-electron chi connectivity index (χ1n) is 11.0. The largest absolute Gasteiger partial charge is 0.497 e. The molecule has 0 bridgehead atoms. The monoisotopic (exact) mass is 476 g/mol. The zero-order valence-corrected chi connectivity index (χ0v) is 20.8. The molecule has 0 unspecified atom stereocenters. The minimum Gasteiger partial charge on any atom is -0.497 e. The highest BCUT2D eigenvalue weighted by atomic mass is 35.5. The molecule has 0 heterocycles. The molecular weight excluding hydrogens is 444 g/mol. The van der Waals surface area contributed by atoms with Gasteiger partial charge in [0.05, 0.1) is 7.11 Å². The molecule has 174 valence electrons. The molecule has 7 heteroatoms. The van der Waals surface area contributed by atoms with E-state index in [0.717, 1.165) is 22.6 Å². The number of amides is 2. The van der Waals surface area contributed by atoms with Crippen molar-refractivity contribution in [1.82, 2.24) is 10.2 Å². The van der Waals surface area contributed by atoms with E-state index in [2.05, 4.69) is 5.32 Å². The number of ether oxygens (including phenoxy) is 1. The van der Waals surface area contributed by atoms with Gasteiger partial charge in [0, 0.05) is 34.7 Å². The van der Waals surface area contributed by atoms with Crippen LogP contribution >= 0.6 is 23.4 Å². The number of carbonyl (C=O) groups is 2. The van der Waals surface area contributed by atoms with Crippen molar-refractivity contribution in [2.75, 3.05) is 12.9 Å². The van der Waals surface area contributed by atoms with Crippen LogP contribution in [0.3, 0.4) is 0 Å². The van der Waals surface area contributed by atoms with Crippen molar-refractivity contribution >= 4 is 35.2 Å². The van der Waals surface area contributed by atoms with E-state index in [1.54, 1.807) is 23.8 Å². The summed E-state index contributed by atoms with van der Waals surface area (Å²) in [6.07, 6.45) is 1.72. The predicted octanol–water partition coefficient (Wildman–Crippen LogP) is 5.55. The average molecular weight is 477 g/mol. The van der Waals surface area contributed by atoms with Crippen LogP contribution in [0.4, 0.5) is 0 Å². The lowest BCUT2D eigenvalue weighted by Crippen LogP contribution is -2.50. The molecule has 5 nitrogen and oxygen atoms in total. The second-order valence-corrected chi connectivity index (χ2v) is 9.27. The van der Waals surface area contributed by atoms with Gasteiger partial charge in [0.25, 0.3) is 0 Å². The summed E-state index contributed by atoms with van der Waals surface area (Å²) in [4.78, 5) is 29.0. The van der Waals surface area contributed by atoms with Crippen LogP contribution in [0.15, 0.2) is 53.4 Å². The highest BCUT2D eigenvalue weighted by molar-refractivity contribution is 7.99. The van der Waals surface area contributed by atoms with E-state index in [1.165, 1.54) is 0 Å². The van der Waals surface area contributed by atoms with Crippen LogP contribution < -0.4 is 10.1 Å². The normalized spacial score (nSPS) is 12.7. The Morgan fingerprint density at radius 3 is 2.47 bits per heavy atom. The lowest BCUT2D eigenvalue weighted by atomic mass is 10.1. The molecule has 0 aliphatic heterocycles. The summed E-state index contributed by atoms with van der Waals surface area (Å²) in [5.74, 6) is 1.20. The van der Waals surface area contributed by atoms with Crippen LogP contribution in [-0.4, -0.2) is 41.7 Å². The Labute approximate surface area is 200 Å². The Hall–Kier alpha value is -2.18. The van der Waals surface area contributed by atoms with E-state index < -0.39 is 6.04 Å². The van der Waals surface area contributed by atoms with E-state index in [4.69, 9.17) is 16.3 Å². The summed E-state index contributed by atoms with van der Waals surface area (Å²) < 4.78 is 5.33. The van der Waals surface area contributed by atoms with Crippen LogP contribution in [0, 0.1) is 0 Å². The van der Waals surface area contributed by atoms with Crippen molar-refractivity contribution in [3.8, 4) is 5.75 Å². The number of thioether (sulfide) groups is 1. The number of rotatable bonds is 12. The Bertz CT molecular complexity index is 876. The molecule has 2 aromatic carbocycles. The Kier molecular flexibility index (Phi) is 10.9. The molecule has 0 aromatic heterocycles. The van der Waals surface area contributed by atoms with Gasteiger partial charge in [-0.1, -0.05) is 37.6 Å². The summed E-state index contributed by atoms with van der Waals surface area (Å²) >= 11 is 7.55. The van der Waals surface area contributed by atoms with Gasteiger partial charge < -0.3 is 15.0 Å². The molecule has 32 heavy (non-hydrogen) atoms. The van der Waals surface area contributed by atoms with Gasteiger partial charge >= 0.3 is 0 Å². The summed E-state index contributed by atoms with van der Waals surface area (Å²) in [6.45, 7) is 6.30. The highest BCUT2D eigenvalue weighted by Gasteiger charge is 2.29. The van der Waals surface area contributed by atoms with Crippen LogP contribution in [0.25, 0.3) is 0 Å². The first-order valence-corrected chi connectivity index (χ1v) is 12.3. The fraction of sp³-hybridized carbons (Fsp3) is 0.440. The topological polar surface area (TPSA) is 58.6 Å². The van der Waals surface area contributed by atoms with E-state index in [9.17, 15) is 9.59 Å². The number of benzene rings is 2. The van der Waals surface area contributed by atoms with Gasteiger partial charge in [0.1, 0.15) is 11.8 Å². The van der Waals surface area contributed by atoms with Gasteiger partial charge in [-0.25, -0.2) is 0 Å². The molecule has 0 saturated carbocycles. The quantitative estimate of drug-likeness (QED) is 0.408.